The molecule has 0 saturated carbocycles. The Labute approximate surface area is 82.0 Å². The molecule has 0 atom stereocenters. The highest BCUT2D eigenvalue weighted by atomic mass is 32.1. The molecule has 0 spiro atoms. The summed E-state index contributed by atoms with van der Waals surface area (Å²) in [5.41, 5.74) is 0.703. The van der Waals surface area contributed by atoms with Crippen molar-refractivity contribution in [3.63, 3.8) is 0 Å². The molecule has 0 fully saturated rings. The van der Waals surface area contributed by atoms with E-state index in [0.717, 1.165) is 12.3 Å². The lowest BCUT2D eigenvalue weighted by Crippen LogP contribution is -2.25. The average molecular weight is 199 g/mol. The topological polar surface area (TPSA) is 37.8 Å². The first-order chi connectivity index (χ1) is 5.84. The molecule has 1 aromatic rings. The number of thiol groups is 1. The van der Waals surface area contributed by atoms with Gasteiger partial charge in [0.1, 0.15) is 10.7 Å². The Balaban J connectivity index is 2.54. The third-order valence-corrected chi connectivity index (χ3v) is 1.77. The molecule has 0 aromatic carbocycles. The minimum Gasteiger partial charge on any atom is -0.374 e. The zero-order valence-electron chi connectivity index (χ0n) is 6.40. The fourth-order valence-corrected chi connectivity index (χ4v) is 0.996. The van der Waals surface area contributed by atoms with Crippen molar-refractivity contribution in [1.82, 2.24) is 15.3 Å². The quantitative estimate of drug-likeness (QED) is 0.554. The van der Waals surface area contributed by atoms with Crippen molar-refractivity contribution < 1.29 is 0 Å². The Bertz CT molecular complexity index is 250. The van der Waals surface area contributed by atoms with Crippen molar-refractivity contribution in [1.29, 1.82) is 0 Å². The molecular weight excluding hydrogens is 190 g/mol. The van der Waals surface area contributed by atoms with Crippen molar-refractivity contribution in [2.24, 2.45) is 0 Å². The summed E-state index contributed by atoms with van der Waals surface area (Å²) < 4.78 is 0. The van der Waals surface area contributed by atoms with Crippen molar-refractivity contribution in [3.05, 3.63) is 24.3 Å². The summed E-state index contributed by atoms with van der Waals surface area (Å²) in [7, 11) is 0. The third-order valence-electron chi connectivity index (χ3n) is 1.19. The summed E-state index contributed by atoms with van der Waals surface area (Å²) >= 11 is 9.09. The standard InChI is InChI=1S/C7H9N3S2/c11-4-3-10-7(12)6-5-8-1-2-9-6/h1-2,5,11H,3-4H2,(H,10,12). The maximum absolute atomic E-state index is 5.04. The first kappa shape index (κ1) is 9.41. The summed E-state index contributed by atoms with van der Waals surface area (Å²) in [5.74, 6) is 0.750. The minimum absolute atomic E-state index is 0.622. The molecule has 0 saturated heterocycles. The van der Waals surface area contributed by atoms with Crippen LogP contribution in [0.25, 0.3) is 0 Å². The summed E-state index contributed by atoms with van der Waals surface area (Å²) in [5, 5.41) is 3.00. The number of thiocarbonyl (C=S) groups is 1. The molecule has 0 amide bonds. The Morgan fingerprint density at radius 2 is 2.42 bits per heavy atom. The van der Waals surface area contributed by atoms with E-state index < -0.39 is 0 Å². The van der Waals surface area contributed by atoms with Crippen LogP contribution in [-0.4, -0.2) is 27.3 Å². The van der Waals surface area contributed by atoms with Crippen LogP contribution < -0.4 is 5.32 Å². The molecule has 1 heterocycles. The molecule has 1 N–H and O–H groups in total. The van der Waals surface area contributed by atoms with Crippen LogP contribution >= 0.6 is 24.8 Å². The van der Waals surface area contributed by atoms with Crippen LogP contribution in [0.3, 0.4) is 0 Å². The van der Waals surface area contributed by atoms with Crippen LogP contribution in [0.1, 0.15) is 5.69 Å². The zero-order valence-corrected chi connectivity index (χ0v) is 8.11. The van der Waals surface area contributed by atoms with Crippen LogP contribution in [-0.2, 0) is 0 Å². The lowest BCUT2D eigenvalue weighted by molar-refractivity contribution is 0.986. The van der Waals surface area contributed by atoms with Gasteiger partial charge in [0.05, 0.1) is 6.20 Å². The molecule has 0 bridgehead atoms. The molecule has 0 aliphatic carbocycles. The molecule has 5 heteroatoms. The third kappa shape index (κ3) is 2.75. The van der Waals surface area contributed by atoms with Crippen LogP contribution in [0.4, 0.5) is 0 Å². The fraction of sp³-hybridized carbons (Fsp3) is 0.286. The molecular formula is C7H9N3S2. The molecule has 0 aliphatic rings. The van der Waals surface area contributed by atoms with Crippen molar-refractivity contribution in [3.8, 4) is 0 Å². The van der Waals surface area contributed by atoms with E-state index in [1.54, 1.807) is 18.6 Å². The smallest absolute Gasteiger partial charge is 0.126 e. The summed E-state index contributed by atoms with van der Waals surface area (Å²) in [4.78, 5) is 8.57. The van der Waals surface area contributed by atoms with E-state index >= 15 is 0 Å². The number of hydrogen-bond acceptors (Lipinski definition) is 4. The Morgan fingerprint density at radius 1 is 1.58 bits per heavy atom. The van der Waals surface area contributed by atoms with E-state index in [9.17, 15) is 0 Å². The van der Waals surface area contributed by atoms with E-state index in [1.165, 1.54) is 0 Å². The molecule has 0 aliphatic heterocycles. The molecule has 12 heavy (non-hydrogen) atoms. The number of hydrogen-bond donors (Lipinski definition) is 2. The highest BCUT2D eigenvalue weighted by Gasteiger charge is 1.99. The second-order valence-corrected chi connectivity index (χ2v) is 2.93. The van der Waals surface area contributed by atoms with Gasteiger partial charge in [-0.3, -0.25) is 9.97 Å². The fourth-order valence-electron chi connectivity index (χ4n) is 0.676. The predicted molar refractivity (Wildman–Crippen MR) is 55.6 cm³/mol. The van der Waals surface area contributed by atoms with Gasteiger partial charge in [-0.1, -0.05) is 12.2 Å². The summed E-state index contributed by atoms with van der Waals surface area (Å²) in [6.07, 6.45) is 4.86. The van der Waals surface area contributed by atoms with Gasteiger partial charge in [-0.2, -0.15) is 12.6 Å². The normalized spacial score (nSPS) is 9.42. The predicted octanol–water partition coefficient (Wildman–Crippen LogP) is 0.671. The second kappa shape index (κ2) is 5.05. The molecule has 1 rings (SSSR count). The zero-order chi connectivity index (χ0) is 8.81. The van der Waals surface area contributed by atoms with E-state index in [0.29, 0.717) is 10.7 Å². The number of rotatable bonds is 3. The summed E-state index contributed by atoms with van der Waals surface area (Å²) in [6, 6.07) is 0. The summed E-state index contributed by atoms with van der Waals surface area (Å²) in [6.45, 7) is 0.749. The Hall–Kier alpha value is -0.680. The van der Waals surface area contributed by atoms with Gasteiger partial charge in [-0.25, -0.2) is 0 Å². The van der Waals surface area contributed by atoms with Crippen molar-refractivity contribution in [2.75, 3.05) is 12.3 Å². The van der Waals surface area contributed by atoms with Crippen molar-refractivity contribution in [2.45, 2.75) is 0 Å². The van der Waals surface area contributed by atoms with E-state index in [1.807, 2.05) is 0 Å². The lowest BCUT2D eigenvalue weighted by atomic mass is 10.4. The first-order valence-corrected chi connectivity index (χ1v) is 4.53. The SMILES string of the molecule is S=C(NCCS)c1cnccn1. The Kier molecular flexibility index (Phi) is 3.96. The molecule has 64 valence electrons. The molecule has 3 nitrogen and oxygen atoms in total. The van der Waals surface area contributed by atoms with Gasteiger partial charge in [0, 0.05) is 24.7 Å². The monoisotopic (exact) mass is 199 g/mol. The van der Waals surface area contributed by atoms with Crippen LogP contribution in [0.15, 0.2) is 18.6 Å². The van der Waals surface area contributed by atoms with Gasteiger partial charge in [-0.15, -0.1) is 0 Å². The van der Waals surface area contributed by atoms with E-state index in [-0.39, 0.29) is 0 Å². The lowest BCUT2D eigenvalue weighted by Gasteiger charge is -2.03. The van der Waals surface area contributed by atoms with Gasteiger partial charge in [0.25, 0.3) is 0 Å². The van der Waals surface area contributed by atoms with Gasteiger partial charge >= 0.3 is 0 Å². The molecule has 0 unspecified atom stereocenters. The highest BCUT2D eigenvalue weighted by molar-refractivity contribution is 7.81. The van der Waals surface area contributed by atoms with E-state index in [2.05, 4.69) is 27.9 Å². The molecule has 0 radical (unpaired) electrons. The number of aromatic nitrogens is 2. The highest BCUT2D eigenvalue weighted by Crippen LogP contribution is 1.90. The number of nitrogens with zero attached hydrogens (tertiary/aromatic N) is 2. The van der Waals surface area contributed by atoms with Crippen LogP contribution in [0, 0.1) is 0 Å². The maximum atomic E-state index is 5.04. The van der Waals surface area contributed by atoms with Gasteiger partial charge in [0.2, 0.25) is 0 Å². The van der Waals surface area contributed by atoms with Crippen LogP contribution in [0.2, 0.25) is 0 Å². The largest absolute Gasteiger partial charge is 0.374 e. The van der Waals surface area contributed by atoms with Gasteiger partial charge < -0.3 is 5.32 Å². The van der Waals surface area contributed by atoms with E-state index in [4.69, 9.17) is 12.2 Å². The van der Waals surface area contributed by atoms with Gasteiger partial charge in [0.15, 0.2) is 0 Å². The van der Waals surface area contributed by atoms with Crippen LogP contribution in [0.5, 0.6) is 0 Å². The van der Waals surface area contributed by atoms with Crippen molar-refractivity contribution >= 4 is 29.8 Å². The average Bonchev–Trinajstić information content (AvgIpc) is 2.15. The van der Waals surface area contributed by atoms with Gasteiger partial charge in [-0.05, 0) is 0 Å². The number of nitrogens with one attached hydrogen (secondary N) is 1. The second-order valence-electron chi connectivity index (χ2n) is 2.07. The Morgan fingerprint density at radius 3 is 3.00 bits per heavy atom. The minimum atomic E-state index is 0.622. The first-order valence-electron chi connectivity index (χ1n) is 3.49. The molecule has 1 aromatic heterocycles. The maximum Gasteiger partial charge on any atom is 0.126 e.